The maximum absolute atomic E-state index is 11.5. The van der Waals surface area contributed by atoms with E-state index >= 15 is 0 Å². The number of benzene rings is 1. The molecule has 6 heteroatoms. The Morgan fingerprint density at radius 1 is 1.17 bits per heavy atom. The van der Waals surface area contributed by atoms with Gasteiger partial charge >= 0.3 is 11.9 Å². The van der Waals surface area contributed by atoms with Crippen LogP contribution in [0.1, 0.15) is 22.4 Å². The zero-order valence-corrected chi connectivity index (χ0v) is 13.2. The van der Waals surface area contributed by atoms with Crippen LogP contribution in [0.15, 0.2) is 36.4 Å². The smallest absolute Gasteiger partial charge is 0.321 e. The Morgan fingerprint density at radius 2 is 1.83 bits per heavy atom. The van der Waals surface area contributed by atoms with Crippen molar-refractivity contribution in [2.24, 2.45) is 5.41 Å². The Hall–Kier alpha value is -2.89. The van der Waals surface area contributed by atoms with Crippen molar-refractivity contribution in [3.63, 3.8) is 0 Å². The fraction of sp³-hybridized carbons (Fsp3) is 0.278. The number of hydrogen-bond acceptors (Lipinski definition) is 4. The van der Waals surface area contributed by atoms with Crippen LogP contribution >= 0.6 is 0 Å². The number of carbonyl (C=O) groups is 2. The first kappa shape index (κ1) is 16.0. The number of hydrogen-bond donors (Lipinski definition) is 2. The molecule has 2 aromatic rings. The lowest BCUT2D eigenvalue weighted by atomic mass is 9.85. The summed E-state index contributed by atoms with van der Waals surface area (Å²) in [6, 6.07) is 11.3. The summed E-state index contributed by atoms with van der Waals surface area (Å²) in [5, 5.41) is 18.8. The Labute approximate surface area is 138 Å². The predicted molar refractivity (Wildman–Crippen MR) is 84.9 cm³/mol. The highest BCUT2D eigenvalue weighted by Crippen LogP contribution is 2.40. The highest BCUT2D eigenvalue weighted by molar-refractivity contribution is 5.99. The lowest BCUT2D eigenvalue weighted by molar-refractivity contribution is -0.163. The number of nitrogens with zero attached hydrogens (tertiary/aromatic N) is 1. The third kappa shape index (κ3) is 2.71. The molecule has 124 valence electrons. The van der Waals surface area contributed by atoms with Crippen molar-refractivity contribution in [2.45, 2.75) is 26.4 Å². The first-order valence-electron chi connectivity index (χ1n) is 7.55. The van der Waals surface area contributed by atoms with E-state index in [1.54, 1.807) is 13.0 Å². The topological polar surface area (TPSA) is 96.7 Å². The fourth-order valence-electron chi connectivity index (χ4n) is 3.02. The van der Waals surface area contributed by atoms with Crippen LogP contribution in [0.2, 0.25) is 0 Å². The van der Waals surface area contributed by atoms with Gasteiger partial charge in [-0.15, -0.1) is 0 Å². The number of aromatic nitrogens is 1. The molecule has 1 aromatic heterocycles. The van der Waals surface area contributed by atoms with Gasteiger partial charge in [0.05, 0.1) is 0 Å². The van der Waals surface area contributed by atoms with E-state index in [1.165, 1.54) is 0 Å². The standard InChI is InChI=1S/C18H17NO5/c1-11-14-9-18(16(20)21,17(22)23)8-13(14)7-15(19-11)24-10-12-5-3-2-4-6-12/h2-7H,8-10H2,1H3,(H,20,21)(H,22,23). The zero-order valence-electron chi connectivity index (χ0n) is 13.2. The van der Waals surface area contributed by atoms with Crippen molar-refractivity contribution in [2.75, 3.05) is 0 Å². The van der Waals surface area contributed by atoms with Crippen molar-refractivity contribution in [3.8, 4) is 5.88 Å². The molecule has 0 bridgehead atoms. The molecule has 0 radical (unpaired) electrons. The van der Waals surface area contributed by atoms with Gasteiger partial charge in [-0.25, -0.2) is 4.98 Å². The number of rotatable bonds is 5. The normalized spacial score (nSPS) is 14.9. The van der Waals surface area contributed by atoms with Crippen molar-refractivity contribution in [1.29, 1.82) is 0 Å². The van der Waals surface area contributed by atoms with Crippen LogP contribution in [0.5, 0.6) is 5.88 Å². The molecule has 1 aliphatic rings. The highest BCUT2D eigenvalue weighted by atomic mass is 16.5. The minimum Gasteiger partial charge on any atom is -0.480 e. The van der Waals surface area contributed by atoms with Crippen molar-refractivity contribution in [3.05, 3.63) is 58.8 Å². The summed E-state index contributed by atoms with van der Waals surface area (Å²) in [6.07, 6.45) is -0.108. The lowest BCUT2D eigenvalue weighted by Gasteiger charge is -2.17. The van der Waals surface area contributed by atoms with E-state index in [9.17, 15) is 19.8 Å². The van der Waals surface area contributed by atoms with Crippen LogP contribution in [-0.4, -0.2) is 27.1 Å². The van der Waals surface area contributed by atoms with Gasteiger partial charge in [0, 0.05) is 24.6 Å². The molecule has 0 spiro atoms. The number of aryl methyl sites for hydroxylation is 1. The second-order valence-electron chi connectivity index (χ2n) is 6.00. The van der Waals surface area contributed by atoms with Gasteiger partial charge in [-0.05, 0) is 23.6 Å². The predicted octanol–water partition coefficient (Wildman–Crippen LogP) is 2.22. The van der Waals surface area contributed by atoms with Crippen LogP contribution in [0.4, 0.5) is 0 Å². The quantitative estimate of drug-likeness (QED) is 0.817. The first-order chi connectivity index (χ1) is 11.4. The molecule has 0 saturated heterocycles. The Bertz CT molecular complexity index is 787. The van der Waals surface area contributed by atoms with Gasteiger partial charge in [-0.1, -0.05) is 30.3 Å². The van der Waals surface area contributed by atoms with Crippen LogP contribution in [-0.2, 0) is 29.0 Å². The SMILES string of the molecule is Cc1nc(OCc2ccccc2)cc2c1CC(C(=O)O)(C(=O)O)C2. The van der Waals surface area contributed by atoms with Gasteiger partial charge in [-0.2, -0.15) is 0 Å². The lowest BCUT2D eigenvalue weighted by Crippen LogP contribution is -2.40. The third-order valence-corrected chi connectivity index (χ3v) is 4.42. The molecule has 1 aliphatic carbocycles. The summed E-state index contributed by atoms with van der Waals surface area (Å²) >= 11 is 0. The zero-order chi connectivity index (χ0) is 17.3. The number of carboxylic acids is 2. The van der Waals surface area contributed by atoms with Gasteiger partial charge < -0.3 is 14.9 Å². The van der Waals surface area contributed by atoms with Crippen LogP contribution in [0.25, 0.3) is 0 Å². The summed E-state index contributed by atoms with van der Waals surface area (Å²) in [5.41, 5.74) is 1.15. The van der Waals surface area contributed by atoms with E-state index in [-0.39, 0.29) is 12.8 Å². The van der Waals surface area contributed by atoms with E-state index in [0.29, 0.717) is 29.3 Å². The molecule has 6 nitrogen and oxygen atoms in total. The van der Waals surface area contributed by atoms with E-state index in [4.69, 9.17) is 4.74 Å². The summed E-state index contributed by atoms with van der Waals surface area (Å²) in [7, 11) is 0. The Morgan fingerprint density at radius 3 is 2.46 bits per heavy atom. The molecule has 3 rings (SSSR count). The maximum Gasteiger partial charge on any atom is 0.321 e. The Kier molecular flexibility index (Phi) is 3.97. The highest BCUT2D eigenvalue weighted by Gasteiger charge is 2.51. The second-order valence-corrected chi connectivity index (χ2v) is 6.00. The van der Waals surface area contributed by atoms with Crippen LogP contribution in [0, 0.1) is 12.3 Å². The molecule has 1 heterocycles. The number of pyridine rings is 1. The minimum atomic E-state index is -1.81. The van der Waals surface area contributed by atoms with Gasteiger partial charge in [0.1, 0.15) is 6.61 Å². The van der Waals surface area contributed by atoms with Gasteiger partial charge in [0.25, 0.3) is 0 Å². The monoisotopic (exact) mass is 327 g/mol. The average Bonchev–Trinajstić information content (AvgIpc) is 2.96. The molecule has 0 unspecified atom stereocenters. The number of ether oxygens (including phenoxy) is 1. The second kappa shape index (κ2) is 5.96. The third-order valence-electron chi connectivity index (χ3n) is 4.42. The van der Waals surface area contributed by atoms with Crippen molar-refractivity contribution >= 4 is 11.9 Å². The molecule has 1 aromatic carbocycles. The number of fused-ring (bicyclic) bond motifs is 1. The van der Waals surface area contributed by atoms with E-state index < -0.39 is 17.4 Å². The largest absolute Gasteiger partial charge is 0.480 e. The number of carboxylic acid groups (broad SMARTS) is 2. The number of aliphatic carboxylic acids is 2. The van der Waals surface area contributed by atoms with E-state index in [0.717, 1.165) is 5.56 Å². The summed E-state index contributed by atoms with van der Waals surface area (Å²) < 4.78 is 5.68. The summed E-state index contributed by atoms with van der Waals surface area (Å²) in [6.45, 7) is 2.09. The van der Waals surface area contributed by atoms with Crippen molar-refractivity contribution in [1.82, 2.24) is 4.98 Å². The van der Waals surface area contributed by atoms with E-state index in [1.807, 2.05) is 30.3 Å². The molecule has 24 heavy (non-hydrogen) atoms. The molecule has 2 N–H and O–H groups in total. The molecular weight excluding hydrogens is 310 g/mol. The van der Waals surface area contributed by atoms with Gasteiger partial charge in [0.2, 0.25) is 5.88 Å². The van der Waals surface area contributed by atoms with Crippen molar-refractivity contribution < 1.29 is 24.5 Å². The van der Waals surface area contributed by atoms with Gasteiger partial charge in [-0.3, -0.25) is 9.59 Å². The van der Waals surface area contributed by atoms with Crippen LogP contribution in [0.3, 0.4) is 0 Å². The molecule has 0 fully saturated rings. The first-order valence-corrected chi connectivity index (χ1v) is 7.55. The molecule has 0 atom stereocenters. The van der Waals surface area contributed by atoms with Gasteiger partial charge in [0.15, 0.2) is 5.41 Å². The summed E-state index contributed by atoms with van der Waals surface area (Å²) in [4.78, 5) is 27.4. The molecule has 0 amide bonds. The fourth-order valence-corrected chi connectivity index (χ4v) is 3.02. The minimum absolute atomic E-state index is 0.0508. The molecule has 0 aliphatic heterocycles. The average molecular weight is 327 g/mol. The Balaban J connectivity index is 1.85. The molecular formula is C18H17NO5. The summed E-state index contributed by atoms with van der Waals surface area (Å²) in [5.74, 6) is -2.27. The van der Waals surface area contributed by atoms with Crippen LogP contribution < -0.4 is 4.74 Å². The maximum atomic E-state index is 11.5. The molecule has 0 saturated carbocycles. The van der Waals surface area contributed by atoms with E-state index in [2.05, 4.69) is 4.98 Å².